The number of carbonyl (C=O) groups is 1. The van der Waals surface area contributed by atoms with E-state index in [1.807, 2.05) is 35.0 Å². The van der Waals surface area contributed by atoms with Crippen LogP contribution in [0.15, 0.2) is 54.9 Å². The zero-order valence-corrected chi connectivity index (χ0v) is 14.1. The lowest BCUT2D eigenvalue weighted by atomic mass is 10.1. The highest BCUT2D eigenvalue weighted by Gasteiger charge is 2.05. The number of aromatic nitrogens is 2. The van der Waals surface area contributed by atoms with Gasteiger partial charge in [-0.1, -0.05) is 18.2 Å². The van der Waals surface area contributed by atoms with Crippen LogP contribution in [-0.4, -0.2) is 21.8 Å². The van der Waals surface area contributed by atoms with Gasteiger partial charge in [0.1, 0.15) is 11.6 Å². The number of fused-ring (bicyclic) bond motifs is 1. The van der Waals surface area contributed by atoms with Crippen molar-refractivity contribution >= 4 is 11.4 Å². The maximum absolute atomic E-state index is 12.8. The molecule has 2 aromatic heterocycles. The first kappa shape index (κ1) is 17.1. The van der Waals surface area contributed by atoms with Crippen molar-refractivity contribution in [3.63, 3.8) is 0 Å². The molecule has 130 valence electrons. The molecule has 25 heavy (non-hydrogen) atoms. The van der Waals surface area contributed by atoms with Gasteiger partial charge in [0, 0.05) is 25.6 Å². The molecular formula is C20H22FN3O. The molecule has 2 heterocycles. The van der Waals surface area contributed by atoms with Crippen molar-refractivity contribution in [2.75, 3.05) is 6.54 Å². The van der Waals surface area contributed by atoms with Crippen molar-refractivity contribution in [1.29, 1.82) is 0 Å². The van der Waals surface area contributed by atoms with Gasteiger partial charge in [0.15, 0.2) is 0 Å². The van der Waals surface area contributed by atoms with E-state index in [0.29, 0.717) is 19.4 Å². The van der Waals surface area contributed by atoms with Crippen LogP contribution in [0.25, 0.3) is 5.52 Å². The van der Waals surface area contributed by atoms with E-state index in [4.69, 9.17) is 0 Å². The molecule has 0 aliphatic rings. The van der Waals surface area contributed by atoms with Gasteiger partial charge in [0.05, 0.1) is 11.7 Å². The Morgan fingerprint density at radius 3 is 2.76 bits per heavy atom. The zero-order chi connectivity index (χ0) is 17.5. The third-order valence-electron chi connectivity index (χ3n) is 4.22. The molecule has 1 amide bonds. The van der Waals surface area contributed by atoms with Gasteiger partial charge in [0.2, 0.25) is 5.91 Å². The van der Waals surface area contributed by atoms with Crippen LogP contribution in [0.3, 0.4) is 0 Å². The summed E-state index contributed by atoms with van der Waals surface area (Å²) >= 11 is 0. The smallest absolute Gasteiger partial charge is 0.220 e. The molecule has 0 atom stereocenters. The normalized spacial score (nSPS) is 10.9. The van der Waals surface area contributed by atoms with E-state index in [-0.39, 0.29) is 11.7 Å². The van der Waals surface area contributed by atoms with Gasteiger partial charge in [-0.05, 0) is 49.1 Å². The minimum atomic E-state index is -0.214. The number of benzene rings is 1. The van der Waals surface area contributed by atoms with Crippen molar-refractivity contribution in [2.45, 2.75) is 32.1 Å². The van der Waals surface area contributed by atoms with E-state index in [0.717, 1.165) is 36.2 Å². The van der Waals surface area contributed by atoms with Gasteiger partial charge in [-0.15, -0.1) is 0 Å². The second kappa shape index (κ2) is 8.42. The second-order valence-electron chi connectivity index (χ2n) is 6.10. The number of pyridine rings is 1. The quantitative estimate of drug-likeness (QED) is 0.638. The van der Waals surface area contributed by atoms with Gasteiger partial charge in [-0.3, -0.25) is 4.79 Å². The van der Waals surface area contributed by atoms with Crippen molar-refractivity contribution in [3.05, 3.63) is 72.1 Å². The van der Waals surface area contributed by atoms with Crippen molar-refractivity contribution in [2.24, 2.45) is 0 Å². The van der Waals surface area contributed by atoms with E-state index >= 15 is 0 Å². The molecule has 0 unspecified atom stereocenters. The lowest BCUT2D eigenvalue weighted by Gasteiger charge is -2.05. The standard InChI is InChI=1S/C20H22FN3O/c21-17-10-8-16(9-11-17)5-1-2-7-20(25)22-13-12-19-23-15-18-6-3-4-14-24(18)19/h3-4,6,8-11,14-15H,1-2,5,7,12-13H2,(H,22,25). The predicted molar refractivity (Wildman–Crippen MR) is 95.9 cm³/mol. The van der Waals surface area contributed by atoms with Crippen LogP contribution in [0, 0.1) is 5.82 Å². The first-order valence-corrected chi connectivity index (χ1v) is 8.64. The number of amides is 1. The molecule has 0 aliphatic carbocycles. The summed E-state index contributed by atoms with van der Waals surface area (Å²) < 4.78 is 14.9. The summed E-state index contributed by atoms with van der Waals surface area (Å²) in [7, 11) is 0. The fraction of sp³-hybridized carbons (Fsp3) is 0.300. The van der Waals surface area contributed by atoms with Crippen LogP contribution in [0.2, 0.25) is 0 Å². The zero-order valence-electron chi connectivity index (χ0n) is 14.1. The molecule has 1 N–H and O–H groups in total. The maximum Gasteiger partial charge on any atom is 0.220 e. The molecule has 4 nitrogen and oxygen atoms in total. The second-order valence-corrected chi connectivity index (χ2v) is 6.10. The third-order valence-corrected chi connectivity index (χ3v) is 4.22. The Hall–Kier alpha value is -2.69. The lowest BCUT2D eigenvalue weighted by Crippen LogP contribution is -2.25. The highest BCUT2D eigenvalue weighted by Crippen LogP contribution is 2.08. The van der Waals surface area contributed by atoms with Crippen molar-refractivity contribution in [1.82, 2.24) is 14.7 Å². The fourth-order valence-electron chi connectivity index (χ4n) is 2.85. The molecule has 3 aromatic rings. The fourth-order valence-corrected chi connectivity index (χ4v) is 2.85. The summed E-state index contributed by atoms with van der Waals surface area (Å²) in [5.74, 6) is 0.806. The number of hydrogen-bond donors (Lipinski definition) is 1. The number of halogens is 1. The molecule has 5 heteroatoms. The van der Waals surface area contributed by atoms with Gasteiger partial charge in [-0.2, -0.15) is 0 Å². The Kier molecular flexibility index (Phi) is 5.77. The van der Waals surface area contributed by atoms with Crippen LogP contribution in [0.5, 0.6) is 0 Å². The first-order valence-electron chi connectivity index (χ1n) is 8.64. The van der Waals surface area contributed by atoms with E-state index in [9.17, 15) is 9.18 Å². The summed E-state index contributed by atoms with van der Waals surface area (Å²) in [5, 5.41) is 2.95. The molecule has 3 rings (SSSR count). The number of imidazole rings is 1. The Labute approximate surface area is 146 Å². The van der Waals surface area contributed by atoms with Crippen LogP contribution in [0.4, 0.5) is 4.39 Å². The predicted octanol–water partition coefficient (Wildman–Crippen LogP) is 3.55. The average molecular weight is 339 g/mol. The summed E-state index contributed by atoms with van der Waals surface area (Å²) in [6, 6.07) is 12.5. The van der Waals surface area contributed by atoms with Crippen molar-refractivity contribution in [3.8, 4) is 0 Å². The van der Waals surface area contributed by atoms with Gasteiger partial charge in [-0.25, -0.2) is 9.37 Å². The summed E-state index contributed by atoms with van der Waals surface area (Å²) in [5.41, 5.74) is 2.16. The molecule has 0 saturated heterocycles. The van der Waals surface area contributed by atoms with E-state index in [1.165, 1.54) is 12.1 Å². The number of hydrogen-bond acceptors (Lipinski definition) is 2. The highest BCUT2D eigenvalue weighted by molar-refractivity contribution is 5.75. The van der Waals surface area contributed by atoms with Gasteiger partial charge < -0.3 is 9.72 Å². The summed E-state index contributed by atoms with van der Waals surface area (Å²) in [6.07, 6.45) is 7.66. The maximum atomic E-state index is 12.8. The van der Waals surface area contributed by atoms with Crippen LogP contribution < -0.4 is 5.32 Å². The molecule has 0 radical (unpaired) electrons. The molecule has 0 bridgehead atoms. The van der Waals surface area contributed by atoms with E-state index < -0.39 is 0 Å². The largest absolute Gasteiger partial charge is 0.356 e. The number of unbranched alkanes of at least 4 members (excludes halogenated alkanes) is 1. The summed E-state index contributed by atoms with van der Waals surface area (Å²) in [4.78, 5) is 16.3. The molecule has 0 saturated carbocycles. The number of nitrogens with one attached hydrogen (secondary N) is 1. The molecule has 0 spiro atoms. The minimum absolute atomic E-state index is 0.0694. The molecule has 0 fully saturated rings. The Morgan fingerprint density at radius 1 is 1.08 bits per heavy atom. The lowest BCUT2D eigenvalue weighted by molar-refractivity contribution is -0.121. The number of nitrogens with zero attached hydrogens (tertiary/aromatic N) is 2. The van der Waals surface area contributed by atoms with E-state index in [2.05, 4.69) is 10.3 Å². The first-order chi connectivity index (χ1) is 12.2. The SMILES string of the molecule is O=C(CCCCc1ccc(F)cc1)NCCc1ncc2ccccn12. The van der Waals surface area contributed by atoms with Crippen LogP contribution in [0.1, 0.15) is 30.7 Å². The molecule has 1 aromatic carbocycles. The third kappa shape index (κ3) is 4.89. The molecular weight excluding hydrogens is 317 g/mol. The summed E-state index contributed by atoms with van der Waals surface area (Å²) in [6.45, 7) is 0.588. The average Bonchev–Trinajstić information content (AvgIpc) is 3.04. The Bertz CT molecular complexity index is 826. The van der Waals surface area contributed by atoms with Crippen LogP contribution >= 0.6 is 0 Å². The van der Waals surface area contributed by atoms with Gasteiger partial charge >= 0.3 is 0 Å². The number of carbonyl (C=O) groups excluding carboxylic acids is 1. The number of rotatable bonds is 8. The van der Waals surface area contributed by atoms with Gasteiger partial charge in [0.25, 0.3) is 0 Å². The Morgan fingerprint density at radius 2 is 1.92 bits per heavy atom. The highest BCUT2D eigenvalue weighted by atomic mass is 19.1. The van der Waals surface area contributed by atoms with Crippen molar-refractivity contribution < 1.29 is 9.18 Å². The van der Waals surface area contributed by atoms with Crippen LogP contribution in [-0.2, 0) is 17.6 Å². The van der Waals surface area contributed by atoms with E-state index in [1.54, 1.807) is 12.1 Å². The Balaban J connectivity index is 1.33. The monoisotopic (exact) mass is 339 g/mol. The minimum Gasteiger partial charge on any atom is -0.356 e. The molecule has 0 aliphatic heterocycles. The topological polar surface area (TPSA) is 46.4 Å². The number of aryl methyl sites for hydroxylation is 1.